The fourth-order valence-electron chi connectivity index (χ4n) is 4.59. The molecule has 1 aliphatic rings. The first kappa shape index (κ1) is 34.3. The molecule has 0 aliphatic carbocycles. The fraction of sp³-hybridized carbons (Fsp3) is 0.636. The number of rotatable bonds is 17. The maximum absolute atomic E-state index is 12.0. The number of allylic oxidation sites excluding steroid dienone is 3. The minimum Gasteiger partial charge on any atom is -0.479 e. The SMILES string of the molecule is CC/C=C/C(C)=C\NC(C)=NC(CCN(CCCCc1ccc2c(n1)NCCC2)CCOC)C(=C=O)OC(C)(C)C. The van der Waals surface area contributed by atoms with E-state index in [0.717, 1.165) is 81.2 Å². The zero-order valence-corrected chi connectivity index (χ0v) is 26.5. The molecule has 0 fully saturated rings. The topological polar surface area (TPSA) is 88.1 Å². The smallest absolute Gasteiger partial charge is 0.205 e. The van der Waals surface area contributed by atoms with Crippen molar-refractivity contribution in [2.45, 2.75) is 98.1 Å². The van der Waals surface area contributed by atoms with Crippen molar-refractivity contribution in [1.82, 2.24) is 15.2 Å². The highest BCUT2D eigenvalue weighted by molar-refractivity contribution is 5.81. The van der Waals surface area contributed by atoms with Crippen LogP contribution in [-0.2, 0) is 27.1 Å². The molecule has 0 amide bonds. The number of nitrogens with one attached hydrogen (secondary N) is 2. The Hall–Kier alpha value is -2.93. The molecule has 2 rings (SSSR count). The van der Waals surface area contributed by atoms with Gasteiger partial charge in [-0.25, -0.2) is 9.78 Å². The predicted molar refractivity (Wildman–Crippen MR) is 170 cm³/mol. The molecule has 2 N–H and O–H groups in total. The summed E-state index contributed by atoms with van der Waals surface area (Å²) in [4.78, 5) is 24.1. The minimum atomic E-state index is -0.515. The van der Waals surface area contributed by atoms with Crippen molar-refractivity contribution in [3.63, 3.8) is 0 Å². The van der Waals surface area contributed by atoms with Gasteiger partial charge in [-0.05, 0) is 103 Å². The number of unbranched alkanes of at least 4 members (excludes halogenated alkanes) is 1. The number of nitrogens with zero attached hydrogens (tertiary/aromatic N) is 3. The summed E-state index contributed by atoms with van der Waals surface area (Å²) in [6, 6.07) is 3.96. The number of aliphatic imine (C=N–C) groups is 1. The van der Waals surface area contributed by atoms with Gasteiger partial charge in [0.1, 0.15) is 17.5 Å². The lowest BCUT2D eigenvalue weighted by atomic mass is 10.1. The monoisotopic (exact) mass is 567 g/mol. The van der Waals surface area contributed by atoms with Gasteiger partial charge in [0, 0.05) is 38.6 Å². The van der Waals surface area contributed by atoms with Crippen molar-refractivity contribution < 1.29 is 14.3 Å². The molecule has 8 nitrogen and oxygen atoms in total. The van der Waals surface area contributed by atoms with E-state index in [-0.39, 0.29) is 5.76 Å². The highest BCUT2D eigenvalue weighted by Gasteiger charge is 2.23. The third kappa shape index (κ3) is 14.0. The van der Waals surface area contributed by atoms with Crippen LogP contribution in [0.1, 0.15) is 84.9 Å². The summed E-state index contributed by atoms with van der Waals surface area (Å²) < 4.78 is 11.4. The number of methoxy groups -OCH3 is 1. The number of carbonyl (C=O) groups excluding carboxylic acids is 1. The van der Waals surface area contributed by atoms with Crippen molar-refractivity contribution in [2.75, 3.05) is 45.2 Å². The average molecular weight is 568 g/mol. The van der Waals surface area contributed by atoms with Crippen LogP contribution in [-0.4, -0.2) is 73.2 Å². The molecule has 0 bridgehead atoms. The number of aryl methyl sites for hydroxylation is 2. The molecular formula is C33H53N5O3. The third-order valence-corrected chi connectivity index (χ3v) is 6.73. The molecule has 1 atom stereocenters. The Kier molecular flexibility index (Phi) is 15.5. The van der Waals surface area contributed by atoms with Crippen LogP contribution in [0, 0.1) is 0 Å². The lowest BCUT2D eigenvalue weighted by Crippen LogP contribution is -2.33. The van der Waals surface area contributed by atoms with E-state index in [1.165, 1.54) is 12.0 Å². The average Bonchev–Trinajstić information content (AvgIpc) is 2.95. The van der Waals surface area contributed by atoms with Crippen LogP contribution in [0.2, 0.25) is 0 Å². The molecule has 41 heavy (non-hydrogen) atoms. The lowest BCUT2D eigenvalue weighted by Gasteiger charge is -2.27. The molecule has 0 saturated carbocycles. The Labute approximate surface area is 248 Å². The molecule has 1 aromatic rings. The van der Waals surface area contributed by atoms with E-state index < -0.39 is 11.6 Å². The number of pyridine rings is 1. The number of fused-ring (bicyclic) bond motifs is 1. The van der Waals surface area contributed by atoms with Gasteiger partial charge in [0.05, 0.1) is 12.4 Å². The molecule has 8 heteroatoms. The summed E-state index contributed by atoms with van der Waals surface area (Å²) in [5.74, 6) is 4.07. The standard InChI is InChI=1S/C33H53N5O3/c1-8-9-13-26(2)24-35-27(3)36-30(31(25-39)41-33(4,5)6)18-21-38(22-23-40-7)20-11-10-15-29-17-16-28-14-12-19-34-32(28)37-29/h9,13,16-17,24,30H,8,10-12,14-15,18-23H2,1-7H3,(H,34,37)(H,35,36)/b13-9+,26-24-. The Morgan fingerprint density at radius 2 is 2.05 bits per heavy atom. The summed E-state index contributed by atoms with van der Waals surface area (Å²) in [6.45, 7) is 16.0. The van der Waals surface area contributed by atoms with E-state index in [0.29, 0.717) is 13.0 Å². The molecule has 0 aromatic carbocycles. The maximum Gasteiger partial charge on any atom is 0.205 e. The molecule has 1 unspecified atom stereocenters. The first-order valence-electron chi connectivity index (χ1n) is 15.2. The molecule has 0 spiro atoms. The summed E-state index contributed by atoms with van der Waals surface area (Å²) >= 11 is 0. The third-order valence-electron chi connectivity index (χ3n) is 6.73. The van der Waals surface area contributed by atoms with Crippen LogP contribution < -0.4 is 10.6 Å². The Bertz CT molecular complexity index is 1070. The largest absolute Gasteiger partial charge is 0.479 e. The highest BCUT2D eigenvalue weighted by Crippen LogP contribution is 2.21. The van der Waals surface area contributed by atoms with Crippen LogP contribution in [0.15, 0.2) is 46.8 Å². The molecule has 0 radical (unpaired) electrons. The normalized spacial score (nSPS) is 14.9. The maximum atomic E-state index is 12.0. The molecule has 0 saturated heterocycles. The summed E-state index contributed by atoms with van der Waals surface area (Å²) in [7, 11) is 1.73. The van der Waals surface area contributed by atoms with Crippen molar-refractivity contribution in [2.24, 2.45) is 4.99 Å². The van der Waals surface area contributed by atoms with Gasteiger partial charge in [-0.3, -0.25) is 4.99 Å². The second-order valence-electron chi connectivity index (χ2n) is 11.7. The molecular weight excluding hydrogens is 514 g/mol. The van der Waals surface area contributed by atoms with E-state index in [1.54, 1.807) is 7.11 Å². The molecule has 1 aliphatic heterocycles. The number of aromatic nitrogens is 1. The van der Waals surface area contributed by atoms with Crippen LogP contribution >= 0.6 is 0 Å². The Morgan fingerprint density at radius 1 is 1.24 bits per heavy atom. The zero-order chi connectivity index (χ0) is 30.1. The summed E-state index contributed by atoms with van der Waals surface area (Å²) in [5.41, 5.74) is 3.06. The Morgan fingerprint density at radius 3 is 2.76 bits per heavy atom. The predicted octanol–water partition coefficient (Wildman–Crippen LogP) is 5.88. The van der Waals surface area contributed by atoms with Crippen LogP contribution in [0.4, 0.5) is 5.82 Å². The minimum absolute atomic E-state index is 0.240. The van der Waals surface area contributed by atoms with Gasteiger partial charge in [0.25, 0.3) is 0 Å². The van der Waals surface area contributed by atoms with Gasteiger partial charge in [-0.15, -0.1) is 0 Å². The number of hydrogen-bond donors (Lipinski definition) is 2. The van der Waals surface area contributed by atoms with E-state index in [1.807, 2.05) is 46.8 Å². The zero-order valence-electron chi connectivity index (χ0n) is 26.5. The van der Waals surface area contributed by atoms with Gasteiger partial charge in [-0.2, -0.15) is 0 Å². The van der Waals surface area contributed by atoms with Gasteiger partial charge < -0.3 is 25.0 Å². The van der Waals surface area contributed by atoms with Gasteiger partial charge in [0.15, 0.2) is 5.94 Å². The van der Waals surface area contributed by atoms with E-state index >= 15 is 0 Å². The number of hydrogen-bond acceptors (Lipinski definition) is 7. The van der Waals surface area contributed by atoms with Crippen LogP contribution in [0.5, 0.6) is 0 Å². The van der Waals surface area contributed by atoms with Crippen molar-refractivity contribution >= 4 is 17.6 Å². The number of ether oxygens (including phenoxy) is 2. The lowest BCUT2D eigenvalue weighted by molar-refractivity contribution is 0.0434. The quantitative estimate of drug-likeness (QED) is 0.0607. The first-order chi connectivity index (χ1) is 19.6. The van der Waals surface area contributed by atoms with Crippen molar-refractivity contribution in [3.05, 3.63) is 53.1 Å². The second-order valence-corrected chi connectivity index (χ2v) is 11.7. The van der Waals surface area contributed by atoms with Gasteiger partial charge in [0.2, 0.25) is 5.76 Å². The fourth-order valence-corrected chi connectivity index (χ4v) is 4.59. The molecule has 228 valence electrons. The van der Waals surface area contributed by atoms with Crippen molar-refractivity contribution in [3.8, 4) is 0 Å². The number of amidine groups is 1. The summed E-state index contributed by atoms with van der Waals surface area (Å²) in [6.07, 6.45) is 13.1. The van der Waals surface area contributed by atoms with E-state index in [9.17, 15) is 4.79 Å². The van der Waals surface area contributed by atoms with E-state index in [4.69, 9.17) is 19.5 Å². The van der Waals surface area contributed by atoms with Crippen LogP contribution in [0.25, 0.3) is 0 Å². The highest BCUT2D eigenvalue weighted by atomic mass is 16.5. The molecule has 2 heterocycles. The second kappa shape index (κ2) is 18.5. The van der Waals surface area contributed by atoms with E-state index in [2.05, 4.69) is 46.7 Å². The first-order valence-corrected chi connectivity index (χ1v) is 15.2. The van der Waals surface area contributed by atoms with Gasteiger partial charge in [-0.1, -0.05) is 25.1 Å². The summed E-state index contributed by atoms with van der Waals surface area (Å²) in [5, 5.41) is 6.69. The number of anilines is 1. The van der Waals surface area contributed by atoms with Gasteiger partial charge >= 0.3 is 0 Å². The molecule has 1 aromatic heterocycles. The van der Waals surface area contributed by atoms with Crippen LogP contribution in [0.3, 0.4) is 0 Å². The van der Waals surface area contributed by atoms with Crippen molar-refractivity contribution in [1.29, 1.82) is 0 Å². The Balaban J connectivity index is 2.03.